The molecule has 0 saturated heterocycles. The molecule has 3 nitrogen and oxygen atoms in total. The van der Waals surface area contributed by atoms with E-state index in [0.29, 0.717) is 0 Å². The van der Waals surface area contributed by atoms with Gasteiger partial charge in [0.15, 0.2) is 11.6 Å². The maximum atomic E-state index is 4.98. The zero-order valence-corrected chi connectivity index (χ0v) is 21.6. The fourth-order valence-electron chi connectivity index (χ4n) is 6.10. The lowest BCUT2D eigenvalue weighted by Crippen LogP contribution is -2.29. The Morgan fingerprint density at radius 3 is 1.89 bits per heavy atom. The molecule has 3 aliphatic carbocycles. The van der Waals surface area contributed by atoms with Crippen molar-refractivity contribution < 1.29 is 0 Å². The van der Waals surface area contributed by atoms with E-state index in [1.807, 2.05) is 6.07 Å². The largest absolute Gasteiger partial charge is 0.212 e. The van der Waals surface area contributed by atoms with E-state index in [9.17, 15) is 0 Å². The Bertz CT molecular complexity index is 1340. The first-order valence-electron chi connectivity index (χ1n) is 13.5. The molecular formula is C33H35N3. The van der Waals surface area contributed by atoms with Crippen LogP contribution in [-0.2, 0) is 5.41 Å². The lowest BCUT2D eigenvalue weighted by Gasteiger charge is -2.42. The minimum absolute atomic E-state index is 0.176. The number of hydrogen-bond acceptors (Lipinski definition) is 3. The number of hydrogen-bond donors (Lipinski definition) is 0. The molecule has 36 heavy (non-hydrogen) atoms. The number of aromatic nitrogens is 3. The van der Waals surface area contributed by atoms with E-state index in [1.165, 1.54) is 48.8 Å². The fraction of sp³-hybridized carbons (Fsp3) is 0.364. The molecule has 1 unspecified atom stereocenters. The van der Waals surface area contributed by atoms with Crippen LogP contribution in [0.3, 0.4) is 0 Å². The van der Waals surface area contributed by atoms with Gasteiger partial charge >= 0.3 is 0 Å². The highest BCUT2D eigenvalue weighted by Crippen LogP contribution is 2.49. The van der Waals surface area contributed by atoms with Crippen LogP contribution in [0.25, 0.3) is 33.9 Å². The van der Waals surface area contributed by atoms with Crippen LogP contribution in [0.15, 0.2) is 78.9 Å². The summed E-state index contributed by atoms with van der Waals surface area (Å²) in [4.78, 5) is 14.8. The minimum Gasteiger partial charge on any atom is -0.212 e. The van der Waals surface area contributed by atoms with Gasteiger partial charge in [-0.1, -0.05) is 106 Å². The zero-order chi connectivity index (χ0) is 24.7. The average molecular weight is 474 g/mol. The van der Waals surface area contributed by atoms with Gasteiger partial charge in [0.2, 0.25) is 0 Å². The fourth-order valence-corrected chi connectivity index (χ4v) is 6.10. The summed E-state index contributed by atoms with van der Waals surface area (Å²) in [6, 6.07) is 28.1. The summed E-state index contributed by atoms with van der Waals surface area (Å²) in [5.41, 5.74) is 5.75. The van der Waals surface area contributed by atoms with Crippen LogP contribution in [0, 0.1) is 11.8 Å². The first kappa shape index (κ1) is 23.1. The van der Waals surface area contributed by atoms with Crippen LogP contribution < -0.4 is 0 Å². The van der Waals surface area contributed by atoms with Gasteiger partial charge in [-0.05, 0) is 59.8 Å². The molecule has 3 aliphatic rings. The topological polar surface area (TPSA) is 38.7 Å². The van der Waals surface area contributed by atoms with Gasteiger partial charge in [0.1, 0.15) is 5.82 Å². The molecule has 3 aromatic carbocycles. The molecule has 0 aliphatic heterocycles. The van der Waals surface area contributed by atoms with Crippen molar-refractivity contribution in [2.45, 2.75) is 64.2 Å². The van der Waals surface area contributed by atoms with Gasteiger partial charge in [-0.2, -0.15) is 0 Å². The van der Waals surface area contributed by atoms with E-state index in [2.05, 4.69) is 93.6 Å². The van der Waals surface area contributed by atoms with E-state index in [4.69, 9.17) is 15.0 Å². The summed E-state index contributed by atoms with van der Waals surface area (Å²) in [5.74, 6) is 4.84. The van der Waals surface area contributed by atoms with Crippen molar-refractivity contribution in [3.05, 3.63) is 90.3 Å². The van der Waals surface area contributed by atoms with E-state index in [0.717, 1.165) is 46.4 Å². The van der Waals surface area contributed by atoms with Crippen molar-refractivity contribution >= 4 is 0 Å². The van der Waals surface area contributed by atoms with Crippen molar-refractivity contribution in [3.63, 3.8) is 0 Å². The lowest BCUT2D eigenvalue weighted by molar-refractivity contribution is 0.145. The molecule has 0 spiro atoms. The first-order valence-corrected chi connectivity index (χ1v) is 13.5. The summed E-state index contributed by atoms with van der Waals surface area (Å²) in [5, 5.41) is 0. The molecule has 0 radical (unpaired) electrons. The van der Waals surface area contributed by atoms with Crippen molar-refractivity contribution in [1.29, 1.82) is 0 Å². The molecule has 3 saturated carbocycles. The highest BCUT2D eigenvalue weighted by atomic mass is 15.0. The monoisotopic (exact) mass is 473 g/mol. The Labute approximate surface area is 215 Å². The molecule has 3 fully saturated rings. The Balaban J connectivity index is 1.37. The van der Waals surface area contributed by atoms with E-state index >= 15 is 0 Å². The quantitative estimate of drug-likeness (QED) is 0.298. The van der Waals surface area contributed by atoms with Crippen molar-refractivity contribution in [3.8, 4) is 33.9 Å². The average Bonchev–Trinajstić information content (AvgIpc) is 2.93. The molecule has 1 heterocycles. The third-order valence-corrected chi connectivity index (χ3v) is 8.18. The van der Waals surface area contributed by atoms with Crippen LogP contribution in [0.5, 0.6) is 0 Å². The smallest absolute Gasteiger partial charge is 0.163 e. The Kier molecular flexibility index (Phi) is 5.95. The van der Waals surface area contributed by atoms with Crippen LogP contribution in [0.1, 0.15) is 70.2 Å². The van der Waals surface area contributed by atoms with Gasteiger partial charge in [-0.3, -0.25) is 0 Å². The Hall–Kier alpha value is -3.33. The molecule has 3 heteroatoms. The summed E-state index contributed by atoms with van der Waals surface area (Å²) in [6.45, 7) is 6.49. The molecule has 4 aromatic rings. The van der Waals surface area contributed by atoms with E-state index in [-0.39, 0.29) is 5.41 Å². The summed E-state index contributed by atoms with van der Waals surface area (Å²) in [7, 11) is 0. The van der Waals surface area contributed by atoms with Gasteiger partial charge in [0.25, 0.3) is 0 Å². The molecule has 7 rings (SSSR count). The van der Waals surface area contributed by atoms with Gasteiger partial charge < -0.3 is 0 Å². The number of fused-ring (bicyclic) bond motifs is 3. The van der Waals surface area contributed by atoms with E-state index < -0.39 is 0 Å². The minimum atomic E-state index is -0.176. The predicted molar refractivity (Wildman–Crippen MR) is 148 cm³/mol. The van der Waals surface area contributed by atoms with E-state index in [1.54, 1.807) is 0 Å². The predicted octanol–water partition coefficient (Wildman–Crippen LogP) is 8.46. The van der Waals surface area contributed by atoms with Crippen LogP contribution >= 0.6 is 0 Å². The molecule has 2 bridgehead atoms. The molecule has 0 N–H and O–H groups in total. The third kappa shape index (κ3) is 4.59. The number of rotatable bonds is 4. The SMILES string of the molecule is CC(C)(C)c1nc(-c2ccc(C3CC4CCC3CC4)cc2)nc(-c2cccc(-c3ccccc3)c2)n1. The maximum Gasteiger partial charge on any atom is 0.163 e. The van der Waals surface area contributed by atoms with Crippen LogP contribution in [0.2, 0.25) is 0 Å². The van der Waals surface area contributed by atoms with Crippen molar-refractivity contribution in [2.75, 3.05) is 0 Å². The number of benzene rings is 3. The molecule has 182 valence electrons. The second-order valence-corrected chi connectivity index (χ2v) is 11.7. The normalized spacial score (nSPS) is 21.5. The van der Waals surface area contributed by atoms with Gasteiger partial charge in [-0.25, -0.2) is 15.0 Å². The zero-order valence-electron chi connectivity index (χ0n) is 21.6. The van der Waals surface area contributed by atoms with Crippen LogP contribution in [0.4, 0.5) is 0 Å². The number of nitrogens with zero attached hydrogens (tertiary/aromatic N) is 3. The molecule has 1 atom stereocenters. The van der Waals surface area contributed by atoms with Gasteiger partial charge in [0.05, 0.1) is 0 Å². The second kappa shape index (κ2) is 9.28. The molecule has 0 amide bonds. The maximum absolute atomic E-state index is 4.98. The highest BCUT2D eigenvalue weighted by Gasteiger charge is 2.36. The third-order valence-electron chi connectivity index (χ3n) is 8.18. The second-order valence-electron chi connectivity index (χ2n) is 11.7. The first-order chi connectivity index (χ1) is 17.4. The summed E-state index contributed by atoms with van der Waals surface area (Å²) in [6.07, 6.45) is 7.06. The standard InChI is InChI=1S/C33H35N3/c1-33(2,3)32-35-30(26-18-16-25(17-19-26)29-20-22-12-14-24(29)15-13-22)34-31(36-32)28-11-7-10-27(21-28)23-8-5-4-6-9-23/h4-11,16-19,21-22,24,29H,12-15,20H2,1-3H3. The summed E-state index contributed by atoms with van der Waals surface area (Å²) >= 11 is 0. The summed E-state index contributed by atoms with van der Waals surface area (Å²) < 4.78 is 0. The van der Waals surface area contributed by atoms with Crippen LogP contribution in [-0.4, -0.2) is 15.0 Å². The lowest BCUT2D eigenvalue weighted by atomic mass is 9.63. The molecule has 1 aromatic heterocycles. The Morgan fingerprint density at radius 2 is 1.25 bits per heavy atom. The molecular weight excluding hydrogens is 438 g/mol. The van der Waals surface area contributed by atoms with Crippen molar-refractivity contribution in [2.24, 2.45) is 11.8 Å². The van der Waals surface area contributed by atoms with Gasteiger partial charge in [0, 0.05) is 16.5 Å². The highest BCUT2D eigenvalue weighted by molar-refractivity contribution is 5.71. The van der Waals surface area contributed by atoms with Gasteiger partial charge in [-0.15, -0.1) is 0 Å². The van der Waals surface area contributed by atoms with Crippen molar-refractivity contribution in [1.82, 2.24) is 15.0 Å². The Morgan fingerprint density at radius 1 is 0.611 bits per heavy atom.